The lowest BCUT2D eigenvalue weighted by Gasteiger charge is -2.14. The van der Waals surface area contributed by atoms with Gasteiger partial charge in [0.1, 0.15) is 31.3 Å². The van der Waals surface area contributed by atoms with E-state index in [-0.39, 0.29) is 35.6 Å². The van der Waals surface area contributed by atoms with Crippen molar-refractivity contribution < 1.29 is 28.9 Å². The number of carboxylic acid groups (broad SMARTS) is 1. The standard InChI is InChI=1S/C25H23Cl2NO6/c1-3-34-28-23(25(29)30)20-7-5-4-6-17(20)15-32-19-12-21(26)24(22(27)13-19)33-14-16-8-10-18(31-2)11-9-16/h4-13H,3,14-15H2,1-2H3,(H,29,30). The van der Waals surface area contributed by atoms with E-state index in [0.717, 1.165) is 11.3 Å². The second-order valence-electron chi connectivity index (χ2n) is 6.96. The summed E-state index contributed by atoms with van der Waals surface area (Å²) in [5.74, 6) is 0.289. The first-order chi connectivity index (χ1) is 16.4. The Morgan fingerprint density at radius 1 is 0.941 bits per heavy atom. The molecule has 0 saturated carbocycles. The summed E-state index contributed by atoms with van der Waals surface area (Å²) < 4.78 is 16.8. The third-order valence-corrected chi connectivity index (χ3v) is 5.23. The zero-order chi connectivity index (χ0) is 24.5. The number of hydrogen-bond donors (Lipinski definition) is 1. The van der Waals surface area contributed by atoms with Gasteiger partial charge in [-0.25, -0.2) is 4.79 Å². The van der Waals surface area contributed by atoms with Gasteiger partial charge in [-0.1, -0.05) is 64.8 Å². The van der Waals surface area contributed by atoms with Crippen molar-refractivity contribution in [1.82, 2.24) is 0 Å². The number of methoxy groups -OCH3 is 1. The molecule has 0 aliphatic carbocycles. The Labute approximate surface area is 207 Å². The summed E-state index contributed by atoms with van der Waals surface area (Å²) in [5.41, 5.74) is 1.71. The maximum Gasteiger partial charge on any atom is 0.358 e. The third-order valence-electron chi connectivity index (χ3n) is 4.67. The van der Waals surface area contributed by atoms with Gasteiger partial charge in [-0.15, -0.1) is 0 Å². The molecule has 34 heavy (non-hydrogen) atoms. The second kappa shape index (κ2) is 12.2. The molecule has 1 N–H and O–H groups in total. The van der Waals surface area contributed by atoms with E-state index in [0.29, 0.717) is 22.6 Å². The van der Waals surface area contributed by atoms with Crippen LogP contribution < -0.4 is 14.2 Å². The Kier molecular flexibility index (Phi) is 9.01. The molecule has 0 fully saturated rings. The van der Waals surface area contributed by atoms with Crippen LogP contribution in [0.2, 0.25) is 10.0 Å². The molecule has 0 aromatic heterocycles. The van der Waals surface area contributed by atoms with E-state index in [1.165, 1.54) is 0 Å². The highest BCUT2D eigenvalue weighted by atomic mass is 35.5. The number of aliphatic carboxylic acids is 1. The average Bonchev–Trinajstić information content (AvgIpc) is 2.83. The zero-order valence-corrected chi connectivity index (χ0v) is 20.1. The van der Waals surface area contributed by atoms with Gasteiger partial charge in [0.15, 0.2) is 11.5 Å². The van der Waals surface area contributed by atoms with Gasteiger partial charge in [0, 0.05) is 17.7 Å². The Morgan fingerprint density at radius 3 is 2.24 bits per heavy atom. The fraction of sp³-hybridized carbons (Fsp3) is 0.200. The summed E-state index contributed by atoms with van der Waals surface area (Å²) in [6, 6.07) is 17.5. The molecule has 0 unspecified atom stereocenters. The van der Waals surface area contributed by atoms with Gasteiger partial charge in [0.25, 0.3) is 0 Å². The number of carboxylic acids is 1. The maximum absolute atomic E-state index is 11.6. The first-order valence-corrected chi connectivity index (χ1v) is 11.1. The zero-order valence-electron chi connectivity index (χ0n) is 18.6. The number of benzene rings is 3. The smallest absolute Gasteiger partial charge is 0.358 e. The van der Waals surface area contributed by atoms with Gasteiger partial charge < -0.3 is 24.2 Å². The molecule has 0 amide bonds. The summed E-state index contributed by atoms with van der Waals surface area (Å²) in [7, 11) is 1.60. The summed E-state index contributed by atoms with van der Waals surface area (Å²) in [4.78, 5) is 16.6. The van der Waals surface area contributed by atoms with Crippen molar-refractivity contribution in [2.75, 3.05) is 13.7 Å². The van der Waals surface area contributed by atoms with Gasteiger partial charge in [0.05, 0.1) is 17.2 Å². The third kappa shape index (κ3) is 6.56. The fourth-order valence-corrected chi connectivity index (χ4v) is 3.58. The average molecular weight is 504 g/mol. The number of ether oxygens (including phenoxy) is 3. The highest BCUT2D eigenvalue weighted by Gasteiger charge is 2.18. The minimum atomic E-state index is -1.20. The van der Waals surface area contributed by atoms with E-state index in [4.69, 9.17) is 42.3 Å². The van der Waals surface area contributed by atoms with Crippen molar-refractivity contribution >= 4 is 34.9 Å². The maximum atomic E-state index is 11.6. The number of halogens is 2. The van der Waals surface area contributed by atoms with Gasteiger partial charge in [-0.2, -0.15) is 0 Å². The highest BCUT2D eigenvalue weighted by molar-refractivity contribution is 6.42. The summed E-state index contributed by atoms with van der Waals surface area (Å²) in [5, 5.41) is 13.8. The van der Waals surface area contributed by atoms with Crippen molar-refractivity contribution in [1.29, 1.82) is 0 Å². The molecular formula is C25H23Cl2NO6. The monoisotopic (exact) mass is 503 g/mol. The molecule has 0 bridgehead atoms. The number of carbonyl (C=O) groups is 1. The molecule has 0 spiro atoms. The second-order valence-corrected chi connectivity index (χ2v) is 7.78. The van der Waals surface area contributed by atoms with Crippen LogP contribution in [-0.4, -0.2) is 30.5 Å². The lowest BCUT2D eigenvalue weighted by molar-refractivity contribution is -0.129. The topological polar surface area (TPSA) is 86.6 Å². The molecule has 0 aliphatic rings. The largest absolute Gasteiger partial charge is 0.497 e. The predicted octanol–water partition coefficient (Wildman–Crippen LogP) is 5.99. The molecule has 0 atom stereocenters. The Morgan fingerprint density at radius 2 is 1.62 bits per heavy atom. The van der Waals surface area contributed by atoms with Crippen molar-refractivity contribution in [3.05, 3.63) is 87.4 Å². The quantitative estimate of drug-likeness (QED) is 0.255. The normalized spacial score (nSPS) is 11.1. The number of hydrogen-bond acceptors (Lipinski definition) is 6. The van der Waals surface area contributed by atoms with Crippen molar-refractivity contribution in [2.45, 2.75) is 20.1 Å². The van der Waals surface area contributed by atoms with Crippen LogP contribution in [0.5, 0.6) is 17.2 Å². The molecule has 7 nitrogen and oxygen atoms in total. The highest BCUT2D eigenvalue weighted by Crippen LogP contribution is 2.37. The summed E-state index contributed by atoms with van der Waals surface area (Å²) in [6.07, 6.45) is 0. The number of oxime groups is 1. The molecule has 0 aliphatic heterocycles. The van der Waals surface area contributed by atoms with Crippen LogP contribution in [0.3, 0.4) is 0 Å². The molecular weight excluding hydrogens is 481 g/mol. The number of rotatable bonds is 11. The van der Waals surface area contributed by atoms with Crippen molar-refractivity contribution in [3.8, 4) is 17.2 Å². The Hall–Kier alpha value is -3.42. The first kappa shape index (κ1) is 25.2. The molecule has 3 rings (SSSR count). The van der Waals surface area contributed by atoms with Gasteiger partial charge in [-0.05, 0) is 30.2 Å². The predicted molar refractivity (Wildman–Crippen MR) is 130 cm³/mol. The molecule has 3 aromatic rings. The first-order valence-electron chi connectivity index (χ1n) is 10.3. The molecule has 0 heterocycles. The summed E-state index contributed by atoms with van der Waals surface area (Å²) >= 11 is 12.8. The van der Waals surface area contributed by atoms with Crippen LogP contribution in [0.4, 0.5) is 0 Å². The summed E-state index contributed by atoms with van der Waals surface area (Å²) in [6.45, 7) is 2.30. The van der Waals surface area contributed by atoms with E-state index in [2.05, 4.69) is 5.16 Å². The van der Waals surface area contributed by atoms with Crippen LogP contribution in [-0.2, 0) is 22.8 Å². The SMILES string of the molecule is CCON=C(C(=O)O)c1ccccc1COc1cc(Cl)c(OCc2ccc(OC)cc2)c(Cl)c1. The lowest BCUT2D eigenvalue weighted by atomic mass is 10.0. The molecule has 178 valence electrons. The van der Waals surface area contributed by atoms with E-state index in [9.17, 15) is 9.90 Å². The van der Waals surface area contributed by atoms with E-state index in [1.54, 1.807) is 50.4 Å². The van der Waals surface area contributed by atoms with Crippen LogP contribution in [0.25, 0.3) is 0 Å². The van der Waals surface area contributed by atoms with Crippen LogP contribution >= 0.6 is 23.2 Å². The minimum Gasteiger partial charge on any atom is -0.497 e. The van der Waals surface area contributed by atoms with Crippen LogP contribution in [0, 0.1) is 0 Å². The number of nitrogens with zero attached hydrogens (tertiary/aromatic N) is 1. The molecule has 3 aromatic carbocycles. The minimum absolute atomic E-state index is 0.0628. The molecule has 0 saturated heterocycles. The van der Waals surface area contributed by atoms with Crippen molar-refractivity contribution in [3.63, 3.8) is 0 Å². The van der Waals surface area contributed by atoms with Gasteiger partial charge in [0.2, 0.25) is 0 Å². The van der Waals surface area contributed by atoms with Gasteiger partial charge >= 0.3 is 5.97 Å². The van der Waals surface area contributed by atoms with E-state index in [1.807, 2.05) is 24.3 Å². The lowest BCUT2D eigenvalue weighted by Crippen LogP contribution is -2.18. The van der Waals surface area contributed by atoms with Crippen molar-refractivity contribution in [2.24, 2.45) is 5.16 Å². The molecule has 9 heteroatoms. The van der Waals surface area contributed by atoms with E-state index < -0.39 is 5.97 Å². The van der Waals surface area contributed by atoms with Crippen LogP contribution in [0.15, 0.2) is 65.8 Å². The van der Waals surface area contributed by atoms with Gasteiger partial charge in [-0.3, -0.25) is 0 Å². The van der Waals surface area contributed by atoms with Crippen LogP contribution in [0.1, 0.15) is 23.6 Å². The Bertz CT molecular complexity index is 1140. The van der Waals surface area contributed by atoms with E-state index >= 15 is 0 Å². The fourth-order valence-electron chi connectivity index (χ4n) is 3.01. The molecule has 0 radical (unpaired) electrons. The Balaban J connectivity index is 1.72.